The van der Waals surface area contributed by atoms with E-state index < -0.39 is 10.9 Å². The van der Waals surface area contributed by atoms with Crippen molar-refractivity contribution in [2.45, 2.75) is 13.5 Å². The summed E-state index contributed by atoms with van der Waals surface area (Å²) in [5.74, 6) is -0.160. The van der Waals surface area contributed by atoms with Gasteiger partial charge in [-0.15, -0.1) is 0 Å². The van der Waals surface area contributed by atoms with Crippen LogP contribution in [-0.2, 0) is 16.1 Å². The number of hydrogen-bond acceptors (Lipinski definition) is 8. The number of hydrogen-bond donors (Lipinski definition) is 2. The van der Waals surface area contributed by atoms with Gasteiger partial charge < -0.3 is 19.8 Å². The highest BCUT2D eigenvalue weighted by Crippen LogP contribution is 2.31. The molecule has 1 saturated heterocycles. The number of esters is 1. The number of carbonyl (C=O) groups excluding carboxylic acids is 2. The lowest BCUT2D eigenvalue weighted by Crippen LogP contribution is -2.48. The fourth-order valence-corrected chi connectivity index (χ4v) is 4.25. The number of nitro benzene ring substituents is 1. The van der Waals surface area contributed by atoms with Crippen molar-refractivity contribution in [1.82, 2.24) is 14.8 Å². The maximum Gasteiger partial charge on any atom is 0.356 e. The zero-order valence-corrected chi connectivity index (χ0v) is 20.3. The van der Waals surface area contributed by atoms with Crippen LogP contribution < -0.4 is 10.1 Å². The third-order valence-electron chi connectivity index (χ3n) is 6.14. The zero-order valence-electron chi connectivity index (χ0n) is 20.3. The highest BCUT2D eigenvalue weighted by atomic mass is 16.6. The molecule has 0 bridgehead atoms. The number of fused-ring (bicyclic) bond motifs is 1. The molecule has 0 atom stereocenters. The Hall–Kier alpha value is -3.96. The summed E-state index contributed by atoms with van der Waals surface area (Å²) in [4.78, 5) is 43.2. The van der Waals surface area contributed by atoms with Crippen molar-refractivity contribution in [2.75, 3.05) is 51.8 Å². The Bertz CT molecular complexity index is 1250. The van der Waals surface area contributed by atoms with Crippen molar-refractivity contribution in [3.8, 4) is 5.75 Å². The van der Waals surface area contributed by atoms with E-state index in [1.807, 2.05) is 0 Å². The molecule has 2 aromatic carbocycles. The van der Waals surface area contributed by atoms with E-state index in [4.69, 9.17) is 9.47 Å². The molecule has 0 radical (unpaired) electrons. The second-order valence-electron chi connectivity index (χ2n) is 8.53. The van der Waals surface area contributed by atoms with Crippen molar-refractivity contribution < 1.29 is 24.0 Å². The Labute approximate surface area is 208 Å². The normalized spacial score (nSPS) is 14.5. The molecule has 1 aromatic heterocycles. The van der Waals surface area contributed by atoms with Crippen LogP contribution in [0, 0.1) is 10.1 Å². The molecule has 0 spiro atoms. The molecular weight excluding hydrogens is 466 g/mol. The number of aromatic nitrogens is 1. The third kappa shape index (κ3) is 5.81. The predicted molar refractivity (Wildman–Crippen MR) is 134 cm³/mol. The van der Waals surface area contributed by atoms with Gasteiger partial charge in [0.05, 0.1) is 30.9 Å². The zero-order chi connectivity index (χ0) is 25.7. The number of anilines is 1. The Morgan fingerprint density at radius 2 is 1.78 bits per heavy atom. The van der Waals surface area contributed by atoms with Crippen molar-refractivity contribution >= 4 is 34.2 Å². The van der Waals surface area contributed by atoms with E-state index in [0.29, 0.717) is 42.0 Å². The Kier molecular flexibility index (Phi) is 7.81. The van der Waals surface area contributed by atoms with Crippen molar-refractivity contribution in [2.24, 2.45) is 0 Å². The Morgan fingerprint density at radius 3 is 2.42 bits per heavy atom. The van der Waals surface area contributed by atoms with Gasteiger partial charge in [0.1, 0.15) is 11.4 Å². The molecule has 0 unspecified atom stereocenters. The van der Waals surface area contributed by atoms with Gasteiger partial charge in [-0.2, -0.15) is 0 Å². The summed E-state index contributed by atoms with van der Waals surface area (Å²) in [5, 5.41) is 14.4. The minimum absolute atomic E-state index is 0.0781. The molecule has 36 heavy (non-hydrogen) atoms. The molecule has 0 aliphatic carbocycles. The lowest BCUT2D eigenvalue weighted by atomic mass is 10.2. The van der Waals surface area contributed by atoms with Crippen LogP contribution in [0.1, 0.15) is 23.0 Å². The van der Waals surface area contributed by atoms with Gasteiger partial charge in [-0.1, -0.05) is 12.1 Å². The van der Waals surface area contributed by atoms with E-state index in [1.165, 1.54) is 12.1 Å². The number of nitro groups is 1. The number of H-pyrrole nitrogens is 1. The van der Waals surface area contributed by atoms with Crippen molar-refractivity contribution in [3.05, 3.63) is 63.8 Å². The van der Waals surface area contributed by atoms with Crippen LogP contribution in [0.5, 0.6) is 5.75 Å². The van der Waals surface area contributed by atoms with Gasteiger partial charge >= 0.3 is 5.97 Å². The van der Waals surface area contributed by atoms with E-state index >= 15 is 0 Å². The molecule has 1 amide bonds. The summed E-state index contributed by atoms with van der Waals surface area (Å²) in [7, 11) is 1.56. The van der Waals surface area contributed by atoms with Gasteiger partial charge in [-0.25, -0.2) is 4.79 Å². The van der Waals surface area contributed by atoms with Gasteiger partial charge in [-0.3, -0.25) is 24.7 Å². The Morgan fingerprint density at radius 1 is 1.08 bits per heavy atom. The van der Waals surface area contributed by atoms with Crippen molar-refractivity contribution in [1.29, 1.82) is 0 Å². The number of non-ortho nitro benzene ring substituents is 1. The van der Waals surface area contributed by atoms with Crippen LogP contribution >= 0.6 is 0 Å². The molecule has 1 aliphatic heterocycles. The maximum atomic E-state index is 13.0. The SMILES string of the molecule is CCOC(=O)c1[nH]c2ccc(OC)cc2c1NC(=O)CN1CCN(Cc2ccc([N+](=O)[O-])cc2)CC1. The summed E-state index contributed by atoms with van der Waals surface area (Å²) in [6.07, 6.45) is 0. The fraction of sp³-hybridized carbons (Fsp3) is 0.360. The quantitative estimate of drug-likeness (QED) is 0.263. The molecule has 1 fully saturated rings. The second-order valence-corrected chi connectivity index (χ2v) is 8.53. The molecule has 190 valence electrons. The van der Waals surface area contributed by atoms with E-state index in [2.05, 4.69) is 20.1 Å². The minimum atomic E-state index is -0.539. The van der Waals surface area contributed by atoms with Crippen LogP contribution in [0.3, 0.4) is 0 Å². The smallest absolute Gasteiger partial charge is 0.356 e. The molecule has 2 N–H and O–H groups in total. The first-order valence-electron chi connectivity index (χ1n) is 11.7. The summed E-state index contributed by atoms with van der Waals surface area (Å²) in [6, 6.07) is 11.9. The fourth-order valence-electron chi connectivity index (χ4n) is 4.25. The predicted octanol–water partition coefficient (Wildman–Crippen LogP) is 3.02. The molecule has 11 nitrogen and oxygen atoms in total. The highest BCUT2D eigenvalue weighted by Gasteiger charge is 2.24. The summed E-state index contributed by atoms with van der Waals surface area (Å²) >= 11 is 0. The van der Waals surface area contributed by atoms with E-state index in [0.717, 1.165) is 18.7 Å². The topological polar surface area (TPSA) is 130 Å². The number of methoxy groups -OCH3 is 1. The molecule has 0 saturated carbocycles. The highest BCUT2D eigenvalue weighted by molar-refractivity contribution is 6.11. The van der Waals surface area contributed by atoms with E-state index in [9.17, 15) is 19.7 Å². The number of nitrogens with one attached hydrogen (secondary N) is 2. The molecule has 11 heteroatoms. The molecule has 2 heterocycles. The average Bonchev–Trinajstić information content (AvgIpc) is 3.23. The average molecular weight is 496 g/mol. The number of benzene rings is 2. The largest absolute Gasteiger partial charge is 0.497 e. The van der Waals surface area contributed by atoms with Gasteiger partial charge in [0.2, 0.25) is 5.91 Å². The number of nitrogens with zero attached hydrogens (tertiary/aromatic N) is 3. The first kappa shape index (κ1) is 25.1. The van der Waals surface area contributed by atoms with Gasteiger partial charge in [0.15, 0.2) is 0 Å². The lowest BCUT2D eigenvalue weighted by Gasteiger charge is -2.34. The van der Waals surface area contributed by atoms with Crippen LogP contribution in [0.15, 0.2) is 42.5 Å². The number of amides is 1. The standard InChI is InChI=1S/C25H29N5O6/c1-3-36-25(32)24-23(20-14-19(35-2)8-9-21(20)26-24)27-22(31)16-29-12-10-28(11-13-29)15-17-4-6-18(7-5-17)30(33)34/h4-9,14,26H,3,10-13,15-16H2,1-2H3,(H,27,31). The van der Waals surface area contributed by atoms with Crippen LogP contribution in [0.4, 0.5) is 11.4 Å². The number of aromatic amines is 1. The maximum absolute atomic E-state index is 13.0. The third-order valence-corrected chi connectivity index (χ3v) is 6.14. The van der Waals surface area contributed by atoms with Crippen LogP contribution in [0.25, 0.3) is 10.9 Å². The number of ether oxygens (including phenoxy) is 2. The van der Waals surface area contributed by atoms with E-state index in [-0.39, 0.29) is 30.4 Å². The van der Waals surface area contributed by atoms with Crippen LogP contribution in [-0.4, -0.2) is 78.0 Å². The first-order chi connectivity index (χ1) is 17.4. The van der Waals surface area contributed by atoms with Gasteiger partial charge in [0.25, 0.3) is 5.69 Å². The van der Waals surface area contributed by atoms with E-state index in [1.54, 1.807) is 44.4 Å². The second kappa shape index (κ2) is 11.2. The molecule has 3 aromatic rings. The van der Waals surface area contributed by atoms with Gasteiger partial charge in [0, 0.05) is 55.8 Å². The molecule has 4 rings (SSSR count). The molecular formula is C25H29N5O6. The monoisotopic (exact) mass is 495 g/mol. The van der Waals surface area contributed by atoms with Crippen LogP contribution in [0.2, 0.25) is 0 Å². The first-order valence-corrected chi connectivity index (χ1v) is 11.7. The number of carbonyl (C=O) groups is 2. The molecule has 1 aliphatic rings. The minimum Gasteiger partial charge on any atom is -0.497 e. The summed E-state index contributed by atoms with van der Waals surface area (Å²) in [5.41, 5.74) is 2.35. The van der Waals surface area contributed by atoms with Crippen molar-refractivity contribution in [3.63, 3.8) is 0 Å². The summed E-state index contributed by atoms with van der Waals surface area (Å²) < 4.78 is 10.5. The summed E-state index contributed by atoms with van der Waals surface area (Å²) in [6.45, 7) is 5.76. The number of piperazine rings is 1. The van der Waals surface area contributed by atoms with Gasteiger partial charge in [-0.05, 0) is 30.7 Å². The lowest BCUT2D eigenvalue weighted by molar-refractivity contribution is -0.384. The Balaban J connectivity index is 1.37. The number of rotatable bonds is 9.